The number of halogens is 1. The van der Waals surface area contributed by atoms with Crippen LogP contribution in [0.3, 0.4) is 0 Å². The van der Waals surface area contributed by atoms with Crippen molar-refractivity contribution in [2.45, 2.75) is 57.7 Å². The van der Waals surface area contributed by atoms with Crippen LogP contribution in [0.1, 0.15) is 65.1 Å². The minimum Gasteiger partial charge on any atom is -0.352 e. The van der Waals surface area contributed by atoms with Gasteiger partial charge in [-0.1, -0.05) is 31.4 Å². The number of aryl methyl sites for hydroxylation is 1. The van der Waals surface area contributed by atoms with Crippen molar-refractivity contribution in [2.75, 3.05) is 20.1 Å². The molecule has 0 saturated heterocycles. The molecule has 4 rings (SSSR count). The number of fused-ring (bicyclic) bond motifs is 1. The van der Waals surface area contributed by atoms with Crippen molar-refractivity contribution in [3.8, 4) is 0 Å². The predicted octanol–water partition coefficient (Wildman–Crippen LogP) is 2.59. The van der Waals surface area contributed by atoms with Crippen molar-refractivity contribution >= 4 is 17.7 Å². The van der Waals surface area contributed by atoms with E-state index in [1.165, 1.54) is 29.5 Å². The fourth-order valence-corrected chi connectivity index (χ4v) is 4.50. The maximum Gasteiger partial charge on any atom is 0.274 e. The van der Waals surface area contributed by atoms with E-state index in [9.17, 15) is 18.8 Å². The van der Waals surface area contributed by atoms with Crippen molar-refractivity contribution in [1.29, 1.82) is 0 Å². The molecule has 1 aromatic heterocycles. The summed E-state index contributed by atoms with van der Waals surface area (Å²) in [7, 11) is 1.57. The molecule has 0 bridgehead atoms. The van der Waals surface area contributed by atoms with Gasteiger partial charge in [-0.15, -0.1) is 0 Å². The van der Waals surface area contributed by atoms with Gasteiger partial charge in [0.1, 0.15) is 11.5 Å². The lowest BCUT2D eigenvalue weighted by atomic mass is 9.95. The molecule has 1 aliphatic heterocycles. The van der Waals surface area contributed by atoms with Crippen LogP contribution in [0.25, 0.3) is 0 Å². The zero-order chi connectivity index (χ0) is 23.4. The molecular weight excluding hydrogens is 425 g/mol. The standard InChI is InChI=1S/C24H30FN5O3/c1-28(16-22(31)26-19-6-3-2-4-7-19)23(32)20-14-21-24(33)29(12-5-13-30(21)27-20)15-17-8-10-18(25)11-9-17/h8-11,14,19H,2-7,12-13,15-16H2,1H3,(H,26,31). The normalized spacial score (nSPS) is 16.8. The average molecular weight is 456 g/mol. The second-order valence-corrected chi connectivity index (χ2v) is 8.91. The van der Waals surface area contributed by atoms with E-state index in [4.69, 9.17) is 0 Å². The molecule has 0 spiro atoms. The van der Waals surface area contributed by atoms with Gasteiger partial charge < -0.3 is 15.1 Å². The van der Waals surface area contributed by atoms with E-state index >= 15 is 0 Å². The fourth-order valence-electron chi connectivity index (χ4n) is 4.50. The van der Waals surface area contributed by atoms with Gasteiger partial charge in [0.2, 0.25) is 5.91 Å². The molecular formula is C24H30FN5O3. The van der Waals surface area contributed by atoms with Crippen molar-refractivity contribution < 1.29 is 18.8 Å². The number of nitrogens with one attached hydrogen (secondary N) is 1. The van der Waals surface area contributed by atoms with Crippen LogP contribution in [0.4, 0.5) is 4.39 Å². The first-order valence-electron chi connectivity index (χ1n) is 11.6. The summed E-state index contributed by atoms with van der Waals surface area (Å²) in [5, 5.41) is 7.36. The Bertz CT molecular complexity index is 1010. The van der Waals surface area contributed by atoms with E-state index in [1.54, 1.807) is 28.8 Å². The van der Waals surface area contributed by atoms with Crippen LogP contribution in [0.2, 0.25) is 0 Å². The van der Waals surface area contributed by atoms with Gasteiger partial charge in [-0.2, -0.15) is 5.10 Å². The molecule has 3 amide bonds. The zero-order valence-corrected chi connectivity index (χ0v) is 18.9. The average Bonchev–Trinajstić information content (AvgIpc) is 3.17. The summed E-state index contributed by atoms with van der Waals surface area (Å²) in [6.45, 7) is 1.36. The highest BCUT2D eigenvalue weighted by atomic mass is 19.1. The lowest BCUT2D eigenvalue weighted by molar-refractivity contribution is -0.122. The number of carbonyl (C=O) groups excluding carboxylic acids is 3. The van der Waals surface area contributed by atoms with E-state index in [1.807, 2.05) is 0 Å². The molecule has 8 nitrogen and oxygen atoms in total. The molecule has 2 heterocycles. The van der Waals surface area contributed by atoms with Crippen molar-refractivity contribution in [3.05, 3.63) is 53.1 Å². The largest absolute Gasteiger partial charge is 0.352 e. The Labute approximate surface area is 192 Å². The van der Waals surface area contributed by atoms with Gasteiger partial charge in [0.15, 0.2) is 5.69 Å². The van der Waals surface area contributed by atoms with Crippen molar-refractivity contribution in [1.82, 2.24) is 24.9 Å². The smallest absolute Gasteiger partial charge is 0.274 e. The zero-order valence-electron chi connectivity index (χ0n) is 18.9. The Morgan fingerprint density at radius 1 is 1.12 bits per heavy atom. The van der Waals surface area contributed by atoms with Crippen molar-refractivity contribution in [2.24, 2.45) is 0 Å². The maximum atomic E-state index is 13.2. The third kappa shape index (κ3) is 5.58. The summed E-state index contributed by atoms with van der Waals surface area (Å²) >= 11 is 0. The van der Waals surface area contributed by atoms with Crippen LogP contribution in [-0.4, -0.2) is 63.5 Å². The second-order valence-electron chi connectivity index (χ2n) is 8.91. The van der Waals surface area contributed by atoms with Crippen LogP contribution in [-0.2, 0) is 17.9 Å². The Hall–Kier alpha value is -3.23. The second kappa shape index (κ2) is 10.1. The van der Waals surface area contributed by atoms with Gasteiger partial charge >= 0.3 is 0 Å². The number of aromatic nitrogens is 2. The minimum atomic E-state index is -0.396. The number of hydrogen-bond acceptors (Lipinski definition) is 4. The summed E-state index contributed by atoms with van der Waals surface area (Å²) < 4.78 is 14.8. The summed E-state index contributed by atoms with van der Waals surface area (Å²) in [5.74, 6) is -1.12. The highest BCUT2D eigenvalue weighted by Crippen LogP contribution is 2.19. The molecule has 1 aliphatic carbocycles. The van der Waals surface area contributed by atoms with Gasteiger partial charge in [0.05, 0.1) is 6.54 Å². The van der Waals surface area contributed by atoms with E-state index in [0.29, 0.717) is 31.7 Å². The number of carbonyl (C=O) groups is 3. The number of benzene rings is 1. The van der Waals surface area contributed by atoms with Gasteiger partial charge in [-0.3, -0.25) is 19.1 Å². The first kappa shape index (κ1) is 22.9. The number of amides is 3. The molecule has 176 valence electrons. The van der Waals surface area contributed by atoms with E-state index in [0.717, 1.165) is 31.2 Å². The minimum absolute atomic E-state index is 0.0534. The predicted molar refractivity (Wildman–Crippen MR) is 120 cm³/mol. The molecule has 2 aliphatic rings. The summed E-state index contributed by atoms with van der Waals surface area (Å²) in [5.41, 5.74) is 1.32. The lowest BCUT2D eigenvalue weighted by Gasteiger charge is -2.24. The first-order valence-corrected chi connectivity index (χ1v) is 11.6. The molecule has 9 heteroatoms. The summed E-state index contributed by atoms with van der Waals surface area (Å²) in [6.07, 6.45) is 6.09. The van der Waals surface area contributed by atoms with Gasteiger partial charge in [-0.25, -0.2) is 4.39 Å². The molecule has 0 radical (unpaired) electrons. The number of nitrogens with zero attached hydrogens (tertiary/aromatic N) is 4. The number of likely N-dealkylation sites (N-methyl/N-ethyl adjacent to an activating group) is 1. The quantitative estimate of drug-likeness (QED) is 0.725. The van der Waals surface area contributed by atoms with Crippen LogP contribution < -0.4 is 5.32 Å². The Kier molecular flexibility index (Phi) is 7.05. The number of rotatable bonds is 6. The Balaban J connectivity index is 1.40. The maximum absolute atomic E-state index is 13.2. The third-order valence-electron chi connectivity index (χ3n) is 6.29. The molecule has 1 fully saturated rings. The van der Waals surface area contributed by atoms with E-state index in [2.05, 4.69) is 10.4 Å². The molecule has 1 saturated carbocycles. The fraction of sp³-hybridized carbons (Fsp3) is 0.500. The summed E-state index contributed by atoms with van der Waals surface area (Å²) in [6, 6.07) is 7.75. The molecule has 1 aromatic carbocycles. The van der Waals surface area contributed by atoms with Gasteiger partial charge in [0, 0.05) is 38.8 Å². The summed E-state index contributed by atoms with van der Waals surface area (Å²) in [4.78, 5) is 41.4. The van der Waals surface area contributed by atoms with E-state index in [-0.39, 0.29) is 35.9 Å². The molecule has 2 aromatic rings. The molecule has 0 unspecified atom stereocenters. The Morgan fingerprint density at radius 3 is 2.58 bits per heavy atom. The first-order chi connectivity index (χ1) is 15.9. The Morgan fingerprint density at radius 2 is 1.85 bits per heavy atom. The highest BCUT2D eigenvalue weighted by Gasteiger charge is 2.28. The lowest BCUT2D eigenvalue weighted by Crippen LogP contribution is -2.43. The number of hydrogen-bond donors (Lipinski definition) is 1. The van der Waals surface area contributed by atoms with Crippen LogP contribution in [0.15, 0.2) is 30.3 Å². The van der Waals surface area contributed by atoms with Crippen LogP contribution in [0, 0.1) is 5.82 Å². The van der Waals surface area contributed by atoms with Crippen LogP contribution in [0.5, 0.6) is 0 Å². The SMILES string of the molecule is CN(CC(=O)NC1CCCCC1)C(=O)c1cc2n(n1)CCCN(Cc1ccc(F)cc1)C2=O. The van der Waals surface area contributed by atoms with Gasteiger partial charge in [0.25, 0.3) is 11.8 Å². The van der Waals surface area contributed by atoms with Gasteiger partial charge in [-0.05, 0) is 37.0 Å². The molecule has 0 atom stereocenters. The highest BCUT2D eigenvalue weighted by molar-refractivity contribution is 5.99. The van der Waals surface area contributed by atoms with E-state index < -0.39 is 5.91 Å². The van der Waals surface area contributed by atoms with Crippen molar-refractivity contribution in [3.63, 3.8) is 0 Å². The van der Waals surface area contributed by atoms with Crippen LogP contribution >= 0.6 is 0 Å². The third-order valence-corrected chi connectivity index (χ3v) is 6.29. The molecule has 33 heavy (non-hydrogen) atoms. The molecule has 1 N–H and O–H groups in total. The topological polar surface area (TPSA) is 87.5 Å². The monoisotopic (exact) mass is 455 g/mol.